The van der Waals surface area contributed by atoms with Gasteiger partial charge in [0.15, 0.2) is 0 Å². The topological polar surface area (TPSA) is 61.2 Å². The van der Waals surface area contributed by atoms with Crippen molar-refractivity contribution in [3.05, 3.63) is 48.0 Å². The molecule has 0 radical (unpaired) electrons. The number of anilines is 1. The number of H-pyrrole nitrogens is 1. The Kier molecular flexibility index (Phi) is 4.10. The van der Waals surface area contributed by atoms with Crippen LogP contribution in [0.25, 0.3) is 11.0 Å². The molecule has 0 aliphatic carbocycles. The molecule has 0 fully saturated rings. The number of para-hydroxylation sites is 2. The first-order valence-corrected chi connectivity index (χ1v) is 7.72. The van der Waals surface area contributed by atoms with Crippen molar-refractivity contribution in [2.75, 3.05) is 12.4 Å². The van der Waals surface area contributed by atoms with Crippen LogP contribution in [0.5, 0.6) is 11.5 Å². The van der Waals surface area contributed by atoms with Crippen LogP contribution in [0.1, 0.15) is 25.5 Å². The van der Waals surface area contributed by atoms with Crippen molar-refractivity contribution in [1.82, 2.24) is 4.98 Å². The van der Waals surface area contributed by atoms with E-state index in [0.29, 0.717) is 18.3 Å². The Bertz CT molecular complexity index is 824. The van der Waals surface area contributed by atoms with Gasteiger partial charge in [0.05, 0.1) is 19.7 Å². The Labute approximate surface area is 135 Å². The lowest BCUT2D eigenvalue weighted by molar-refractivity contribution is -0.677. The van der Waals surface area contributed by atoms with E-state index in [4.69, 9.17) is 4.74 Å². The summed E-state index contributed by atoms with van der Waals surface area (Å²) in [4.78, 5) is 3.40. The highest BCUT2D eigenvalue weighted by Gasteiger charge is 2.19. The molecule has 0 atom stereocenters. The predicted molar refractivity (Wildman–Crippen MR) is 90.9 cm³/mol. The average molecular weight is 312 g/mol. The van der Waals surface area contributed by atoms with Crippen LogP contribution >= 0.6 is 0 Å². The molecule has 0 saturated carbocycles. The van der Waals surface area contributed by atoms with Gasteiger partial charge >= 0.3 is 5.95 Å². The van der Waals surface area contributed by atoms with Crippen LogP contribution in [0, 0.1) is 0 Å². The zero-order chi connectivity index (χ0) is 16.4. The third-order valence-electron chi connectivity index (χ3n) is 3.91. The Morgan fingerprint density at radius 1 is 1.22 bits per heavy atom. The molecule has 23 heavy (non-hydrogen) atoms. The van der Waals surface area contributed by atoms with E-state index in [2.05, 4.69) is 40.8 Å². The Hall–Kier alpha value is -2.69. The number of fused-ring (bicyclic) bond motifs is 1. The molecular weight excluding hydrogens is 290 g/mol. The second-order valence-electron chi connectivity index (χ2n) is 5.80. The van der Waals surface area contributed by atoms with Crippen molar-refractivity contribution in [3.63, 3.8) is 0 Å². The minimum atomic E-state index is 0.226. The average Bonchev–Trinajstić information content (AvgIpc) is 2.92. The van der Waals surface area contributed by atoms with Gasteiger partial charge in [0.1, 0.15) is 22.5 Å². The molecule has 0 spiro atoms. The van der Waals surface area contributed by atoms with Gasteiger partial charge < -0.3 is 9.84 Å². The predicted octanol–water partition coefficient (Wildman–Crippen LogP) is 3.36. The Morgan fingerprint density at radius 3 is 2.70 bits per heavy atom. The number of hydrogen-bond donors (Lipinski definition) is 3. The van der Waals surface area contributed by atoms with Gasteiger partial charge in [-0.1, -0.05) is 12.1 Å². The van der Waals surface area contributed by atoms with Gasteiger partial charge in [0, 0.05) is 11.6 Å². The SMILES string of the molecule is COc1ccc(CNc2[nH]c3ccccc3[n+]2C(C)C)c(O)c1. The van der Waals surface area contributed by atoms with E-state index in [1.165, 1.54) is 0 Å². The molecule has 2 aromatic carbocycles. The van der Waals surface area contributed by atoms with Gasteiger partial charge in [-0.15, -0.1) is 0 Å². The molecule has 0 unspecified atom stereocenters. The number of rotatable bonds is 5. The highest BCUT2D eigenvalue weighted by atomic mass is 16.5. The summed E-state index contributed by atoms with van der Waals surface area (Å²) in [7, 11) is 1.59. The Balaban J connectivity index is 1.88. The number of aromatic amines is 1. The van der Waals surface area contributed by atoms with Crippen molar-refractivity contribution in [2.45, 2.75) is 26.4 Å². The van der Waals surface area contributed by atoms with Crippen molar-refractivity contribution < 1.29 is 14.4 Å². The fraction of sp³-hybridized carbons (Fsp3) is 0.278. The van der Waals surface area contributed by atoms with E-state index in [9.17, 15) is 5.11 Å². The molecule has 0 aliphatic heterocycles. The number of aromatic nitrogens is 2. The highest BCUT2D eigenvalue weighted by Crippen LogP contribution is 2.24. The zero-order valence-corrected chi connectivity index (χ0v) is 13.6. The summed E-state index contributed by atoms with van der Waals surface area (Å²) in [5.41, 5.74) is 3.06. The molecule has 0 amide bonds. The summed E-state index contributed by atoms with van der Waals surface area (Å²) >= 11 is 0. The van der Waals surface area contributed by atoms with Crippen LogP contribution in [0.4, 0.5) is 5.95 Å². The number of hydrogen-bond acceptors (Lipinski definition) is 3. The van der Waals surface area contributed by atoms with Crippen LogP contribution in [0.2, 0.25) is 0 Å². The molecule has 1 aromatic heterocycles. The number of nitrogens with zero attached hydrogens (tertiary/aromatic N) is 1. The number of ether oxygens (including phenoxy) is 1. The molecule has 0 aliphatic rings. The molecule has 0 saturated heterocycles. The van der Waals surface area contributed by atoms with Gasteiger partial charge in [-0.2, -0.15) is 0 Å². The summed E-state index contributed by atoms with van der Waals surface area (Å²) in [6.07, 6.45) is 0. The normalized spacial score (nSPS) is 11.1. The van der Waals surface area contributed by atoms with Gasteiger partial charge in [0.25, 0.3) is 0 Å². The largest absolute Gasteiger partial charge is 0.507 e. The molecule has 0 bridgehead atoms. The van der Waals surface area contributed by atoms with Gasteiger partial charge in [-0.25, -0.2) is 9.55 Å². The number of phenols is 1. The summed E-state index contributed by atoms with van der Waals surface area (Å²) in [6.45, 7) is 4.82. The van der Waals surface area contributed by atoms with Crippen molar-refractivity contribution in [2.24, 2.45) is 0 Å². The van der Waals surface area contributed by atoms with Crippen LogP contribution in [0.15, 0.2) is 42.5 Å². The molecule has 3 N–H and O–H groups in total. The van der Waals surface area contributed by atoms with Crippen LogP contribution in [-0.2, 0) is 6.54 Å². The maximum Gasteiger partial charge on any atom is 0.356 e. The minimum Gasteiger partial charge on any atom is -0.507 e. The number of nitrogens with one attached hydrogen (secondary N) is 2. The van der Waals surface area contributed by atoms with Gasteiger partial charge in [0.2, 0.25) is 0 Å². The summed E-state index contributed by atoms with van der Waals surface area (Å²) in [5, 5.41) is 13.5. The first-order chi connectivity index (χ1) is 11.1. The van der Waals surface area contributed by atoms with E-state index >= 15 is 0 Å². The van der Waals surface area contributed by atoms with E-state index in [-0.39, 0.29) is 5.75 Å². The number of phenolic OH excluding ortho intramolecular Hbond substituents is 1. The Morgan fingerprint density at radius 2 is 2.00 bits per heavy atom. The van der Waals surface area contributed by atoms with Gasteiger partial charge in [-0.05, 0) is 38.1 Å². The fourth-order valence-electron chi connectivity index (χ4n) is 2.76. The standard InChI is InChI=1S/C18H21N3O2/c1-12(2)21-16-7-5-4-6-15(16)20-18(21)19-11-13-8-9-14(23-3)10-17(13)22/h4-10,12H,11H2,1-3H3,(H2,19,20,22)/p+1. The van der Waals surface area contributed by atoms with E-state index in [1.54, 1.807) is 13.2 Å². The maximum atomic E-state index is 10.1. The second-order valence-corrected chi connectivity index (χ2v) is 5.80. The van der Waals surface area contributed by atoms with E-state index < -0.39 is 0 Å². The molecule has 120 valence electrons. The van der Waals surface area contributed by atoms with Gasteiger partial charge in [-0.3, -0.25) is 5.32 Å². The fourth-order valence-corrected chi connectivity index (χ4v) is 2.76. The molecule has 1 heterocycles. The summed E-state index contributed by atoms with van der Waals surface area (Å²) in [5.74, 6) is 1.80. The molecule has 5 nitrogen and oxygen atoms in total. The van der Waals surface area contributed by atoms with E-state index in [1.807, 2.05) is 24.3 Å². The minimum absolute atomic E-state index is 0.226. The van der Waals surface area contributed by atoms with Crippen molar-refractivity contribution >= 4 is 17.0 Å². The third-order valence-corrected chi connectivity index (χ3v) is 3.91. The quantitative estimate of drug-likeness (QED) is 0.633. The first-order valence-electron chi connectivity index (χ1n) is 7.72. The summed E-state index contributed by atoms with van der Waals surface area (Å²) in [6, 6.07) is 13.9. The smallest absolute Gasteiger partial charge is 0.356 e. The van der Waals surface area contributed by atoms with Crippen LogP contribution in [-0.4, -0.2) is 17.2 Å². The number of benzene rings is 2. The molecular formula is C18H22N3O2+. The maximum absolute atomic E-state index is 10.1. The van der Waals surface area contributed by atoms with Crippen molar-refractivity contribution in [1.29, 1.82) is 0 Å². The van der Waals surface area contributed by atoms with Crippen LogP contribution in [0.3, 0.4) is 0 Å². The number of methoxy groups -OCH3 is 1. The summed E-state index contributed by atoms with van der Waals surface area (Å²) < 4.78 is 7.33. The first kappa shape index (κ1) is 15.2. The lowest BCUT2D eigenvalue weighted by atomic mass is 10.2. The number of aromatic hydroxyl groups is 1. The lowest BCUT2D eigenvalue weighted by Gasteiger charge is -2.09. The molecule has 3 aromatic rings. The highest BCUT2D eigenvalue weighted by molar-refractivity contribution is 5.72. The third kappa shape index (κ3) is 2.95. The van der Waals surface area contributed by atoms with Crippen LogP contribution < -0.4 is 14.6 Å². The number of imidazole rings is 1. The lowest BCUT2D eigenvalue weighted by Crippen LogP contribution is -2.38. The second kappa shape index (κ2) is 6.20. The molecule has 3 rings (SSSR count). The van der Waals surface area contributed by atoms with E-state index in [0.717, 1.165) is 22.5 Å². The zero-order valence-electron chi connectivity index (χ0n) is 13.6. The molecule has 5 heteroatoms. The monoisotopic (exact) mass is 312 g/mol. The van der Waals surface area contributed by atoms with Crippen molar-refractivity contribution in [3.8, 4) is 11.5 Å².